The van der Waals surface area contributed by atoms with E-state index in [0.717, 1.165) is 0 Å². The van der Waals surface area contributed by atoms with Gasteiger partial charge in [-0.1, -0.05) is 17.7 Å². The van der Waals surface area contributed by atoms with Crippen molar-refractivity contribution in [2.24, 2.45) is 0 Å². The average Bonchev–Trinajstić information content (AvgIpc) is 2.43. The van der Waals surface area contributed by atoms with Gasteiger partial charge in [0, 0.05) is 17.0 Å². The van der Waals surface area contributed by atoms with E-state index in [1.807, 2.05) is 0 Å². The van der Waals surface area contributed by atoms with Gasteiger partial charge in [-0.05, 0) is 31.5 Å². The quantitative estimate of drug-likeness (QED) is 0.750. The van der Waals surface area contributed by atoms with E-state index in [1.54, 1.807) is 19.1 Å². The van der Waals surface area contributed by atoms with Crippen LogP contribution in [0.15, 0.2) is 24.3 Å². The van der Waals surface area contributed by atoms with Crippen molar-refractivity contribution in [3.05, 3.63) is 34.9 Å². The van der Waals surface area contributed by atoms with Crippen LogP contribution in [0.5, 0.6) is 0 Å². The van der Waals surface area contributed by atoms with Crippen LogP contribution in [0.4, 0.5) is 0 Å². The van der Waals surface area contributed by atoms with Gasteiger partial charge >= 0.3 is 11.9 Å². The normalized spacial score (nSPS) is 11.5. The predicted molar refractivity (Wildman–Crippen MR) is 76.2 cm³/mol. The summed E-state index contributed by atoms with van der Waals surface area (Å²) >= 11 is 5.77. The van der Waals surface area contributed by atoms with Gasteiger partial charge in [-0.2, -0.15) is 0 Å². The Kier molecular flexibility index (Phi) is 6.68. The number of rotatable bonds is 7. The SMILES string of the molecule is CCOC(=O)CC[C@H](NC(=O)c1cccc(Cl)c1)C(=O)O. The number of aliphatic carboxylic acids is 1. The number of amides is 1. The first-order valence-corrected chi connectivity index (χ1v) is 6.76. The summed E-state index contributed by atoms with van der Waals surface area (Å²) in [6.45, 7) is 1.89. The van der Waals surface area contributed by atoms with Crippen LogP contribution in [0, 0.1) is 0 Å². The Bertz CT molecular complexity index is 532. The van der Waals surface area contributed by atoms with E-state index in [4.69, 9.17) is 21.4 Å². The summed E-state index contributed by atoms with van der Waals surface area (Å²) in [5.74, 6) is -2.27. The number of halogens is 1. The second-order valence-corrected chi connectivity index (χ2v) is 4.65. The van der Waals surface area contributed by atoms with Crippen molar-refractivity contribution >= 4 is 29.4 Å². The fourth-order valence-corrected chi connectivity index (χ4v) is 1.81. The first-order chi connectivity index (χ1) is 9.93. The molecule has 114 valence electrons. The predicted octanol–water partition coefficient (Wildman–Crippen LogP) is 1.87. The molecular formula is C14H16ClNO5. The van der Waals surface area contributed by atoms with E-state index >= 15 is 0 Å². The zero-order valence-electron chi connectivity index (χ0n) is 11.5. The van der Waals surface area contributed by atoms with Gasteiger partial charge in [0.25, 0.3) is 5.91 Å². The highest BCUT2D eigenvalue weighted by molar-refractivity contribution is 6.30. The highest BCUT2D eigenvalue weighted by Crippen LogP contribution is 2.11. The first-order valence-electron chi connectivity index (χ1n) is 6.39. The average molecular weight is 314 g/mol. The van der Waals surface area contributed by atoms with Crippen molar-refractivity contribution < 1.29 is 24.2 Å². The maximum atomic E-state index is 11.9. The third-order valence-electron chi connectivity index (χ3n) is 2.63. The Morgan fingerprint density at radius 3 is 2.67 bits per heavy atom. The lowest BCUT2D eigenvalue weighted by Crippen LogP contribution is -2.41. The molecule has 1 rings (SSSR count). The number of benzene rings is 1. The molecule has 0 radical (unpaired) electrons. The second-order valence-electron chi connectivity index (χ2n) is 4.22. The van der Waals surface area contributed by atoms with Gasteiger partial charge in [0.1, 0.15) is 6.04 Å². The molecule has 0 aliphatic carbocycles. The lowest BCUT2D eigenvalue weighted by molar-refractivity contribution is -0.144. The van der Waals surface area contributed by atoms with Crippen molar-refractivity contribution in [2.45, 2.75) is 25.8 Å². The van der Waals surface area contributed by atoms with Crippen LogP contribution in [-0.4, -0.2) is 35.6 Å². The minimum Gasteiger partial charge on any atom is -0.480 e. The van der Waals surface area contributed by atoms with Crippen LogP contribution >= 0.6 is 11.6 Å². The van der Waals surface area contributed by atoms with E-state index in [9.17, 15) is 14.4 Å². The zero-order chi connectivity index (χ0) is 15.8. The Balaban J connectivity index is 2.64. The van der Waals surface area contributed by atoms with E-state index in [-0.39, 0.29) is 25.0 Å². The molecule has 7 heteroatoms. The van der Waals surface area contributed by atoms with Crippen LogP contribution in [0.3, 0.4) is 0 Å². The summed E-state index contributed by atoms with van der Waals surface area (Å²) in [7, 11) is 0. The van der Waals surface area contributed by atoms with Crippen molar-refractivity contribution in [2.75, 3.05) is 6.61 Å². The van der Waals surface area contributed by atoms with E-state index < -0.39 is 23.9 Å². The van der Waals surface area contributed by atoms with E-state index in [2.05, 4.69) is 5.32 Å². The minimum absolute atomic E-state index is 0.0412. The van der Waals surface area contributed by atoms with Crippen LogP contribution < -0.4 is 5.32 Å². The fraction of sp³-hybridized carbons (Fsp3) is 0.357. The molecule has 21 heavy (non-hydrogen) atoms. The van der Waals surface area contributed by atoms with Gasteiger partial charge in [0.05, 0.1) is 6.61 Å². The Morgan fingerprint density at radius 1 is 1.38 bits per heavy atom. The minimum atomic E-state index is -1.21. The number of esters is 1. The topological polar surface area (TPSA) is 92.7 Å². The number of hydrogen-bond acceptors (Lipinski definition) is 4. The molecule has 6 nitrogen and oxygen atoms in total. The number of carboxylic acids is 1. The number of nitrogens with one attached hydrogen (secondary N) is 1. The molecule has 1 aromatic carbocycles. The number of carbonyl (C=O) groups excluding carboxylic acids is 2. The van der Waals surface area contributed by atoms with Crippen LogP contribution in [0.25, 0.3) is 0 Å². The van der Waals surface area contributed by atoms with Gasteiger partial charge in [0.2, 0.25) is 0 Å². The molecule has 1 aromatic rings. The van der Waals surface area contributed by atoms with Gasteiger partial charge in [-0.25, -0.2) is 4.79 Å². The third-order valence-corrected chi connectivity index (χ3v) is 2.87. The number of hydrogen-bond donors (Lipinski definition) is 2. The summed E-state index contributed by atoms with van der Waals surface area (Å²) < 4.78 is 4.72. The summed E-state index contributed by atoms with van der Waals surface area (Å²) in [5, 5.41) is 11.8. The molecule has 0 saturated carbocycles. The lowest BCUT2D eigenvalue weighted by atomic mass is 10.1. The molecule has 0 aromatic heterocycles. The molecule has 0 bridgehead atoms. The maximum Gasteiger partial charge on any atom is 0.326 e. The smallest absolute Gasteiger partial charge is 0.326 e. The summed E-state index contributed by atoms with van der Waals surface area (Å²) in [6, 6.07) is 4.98. The lowest BCUT2D eigenvalue weighted by Gasteiger charge is -2.14. The second kappa shape index (κ2) is 8.26. The molecule has 0 aliphatic rings. The molecule has 0 unspecified atom stereocenters. The molecule has 0 saturated heterocycles. The van der Waals surface area contributed by atoms with Gasteiger partial charge in [-0.3, -0.25) is 9.59 Å². The number of ether oxygens (including phenoxy) is 1. The highest BCUT2D eigenvalue weighted by Gasteiger charge is 2.22. The number of carboxylic acid groups (broad SMARTS) is 1. The van der Waals surface area contributed by atoms with Gasteiger partial charge in [-0.15, -0.1) is 0 Å². The first kappa shape index (κ1) is 17.0. The van der Waals surface area contributed by atoms with Gasteiger partial charge in [0.15, 0.2) is 0 Å². The maximum absolute atomic E-state index is 11.9. The molecule has 1 atom stereocenters. The van der Waals surface area contributed by atoms with Crippen molar-refractivity contribution in [3.8, 4) is 0 Å². The van der Waals surface area contributed by atoms with Gasteiger partial charge < -0.3 is 15.2 Å². The highest BCUT2D eigenvalue weighted by atomic mass is 35.5. The molecular weight excluding hydrogens is 298 g/mol. The van der Waals surface area contributed by atoms with E-state index in [0.29, 0.717) is 5.02 Å². The van der Waals surface area contributed by atoms with Crippen molar-refractivity contribution in [1.29, 1.82) is 0 Å². The number of carbonyl (C=O) groups is 3. The van der Waals surface area contributed by atoms with Crippen LogP contribution in [0.1, 0.15) is 30.1 Å². The van der Waals surface area contributed by atoms with Crippen LogP contribution in [-0.2, 0) is 14.3 Å². The standard InChI is InChI=1S/C14H16ClNO5/c1-2-21-12(17)7-6-11(14(19)20)16-13(18)9-4-3-5-10(15)8-9/h3-5,8,11H,2,6-7H2,1H3,(H,16,18)(H,19,20)/t11-/m0/s1. The largest absolute Gasteiger partial charge is 0.480 e. The molecule has 0 spiro atoms. The fourth-order valence-electron chi connectivity index (χ4n) is 1.62. The molecule has 0 fully saturated rings. The Labute approximate surface area is 127 Å². The van der Waals surface area contributed by atoms with Crippen molar-refractivity contribution in [3.63, 3.8) is 0 Å². The summed E-state index contributed by atoms with van der Waals surface area (Å²) in [5.41, 5.74) is 0.255. The van der Waals surface area contributed by atoms with Crippen LogP contribution in [0.2, 0.25) is 5.02 Å². The zero-order valence-corrected chi connectivity index (χ0v) is 12.2. The molecule has 1 amide bonds. The van der Waals surface area contributed by atoms with E-state index in [1.165, 1.54) is 12.1 Å². The monoisotopic (exact) mass is 313 g/mol. The summed E-state index contributed by atoms with van der Waals surface area (Å²) in [6.07, 6.45) is -0.124. The Morgan fingerprint density at radius 2 is 2.10 bits per heavy atom. The Hall–Kier alpha value is -2.08. The summed E-state index contributed by atoms with van der Waals surface area (Å²) in [4.78, 5) is 34.3. The molecule has 2 N–H and O–H groups in total. The van der Waals surface area contributed by atoms with Crippen molar-refractivity contribution in [1.82, 2.24) is 5.32 Å². The molecule has 0 heterocycles. The molecule has 0 aliphatic heterocycles. The third kappa shape index (κ3) is 5.83.